The smallest absolute Gasteiger partial charge is 0.135 e. The van der Waals surface area contributed by atoms with E-state index in [0.29, 0.717) is 0 Å². The van der Waals surface area contributed by atoms with Gasteiger partial charge in [-0.15, -0.1) is 11.3 Å². The van der Waals surface area contributed by atoms with Crippen molar-refractivity contribution in [2.45, 2.75) is 132 Å². The Kier molecular flexibility index (Phi) is 26.0. The lowest BCUT2D eigenvalue weighted by Gasteiger charge is -2.12. The van der Waals surface area contributed by atoms with Crippen molar-refractivity contribution in [3.63, 3.8) is 0 Å². The number of hydrogen-bond donors (Lipinski definition) is 0. The zero-order valence-corrected chi connectivity index (χ0v) is 66.3. The highest BCUT2D eigenvalue weighted by atomic mass is 32.1. The first-order valence-electron chi connectivity index (χ1n) is 36.9. The van der Waals surface area contributed by atoms with Crippen LogP contribution in [0.2, 0.25) is 0 Å². The molecule has 0 fully saturated rings. The zero-order valence-electron chi connectivity index (χ0n) is 65.5. The van der Waals surface area contributed by atoms with E-state index in [1.54, 1.807) is 0 Å². The minimum atomic E-state index is 0.966. The van der Waals surface area contributed by atoms with Crippen molar-refractivity contribution in [3.05, 3.63) is 391 Å². The summed E-state index contributed by atoms with van der Waals surface area (Å²) in [7, 11) is 0. The fourth-order valence-electron chi connectivity index (χ4n) is 13.3. The number of para-hydroxylation sites is 1. The Labute approximate surface area is 631 Å². The highest BCUT2D eigenvalue weighted by Gasteiger charge is 2.11. The Hall–Kier alpha value is -10.9. The molecule has 2 heterocycles. The van der Waals surface area contributed by atoms with Crippen LogP contribution in [-0.2, 0) is 0 Å². The third kappa shape index (κ3) is 19.7. The molecular weight excluding hydrogens is 1290 g/mol. The summed E-state index contributed by atoms with van der Waals surface area (Å²) in [5.74, 6) is 0. The SMILES string of the molecule is Cc1cc(-c2ccccc2)cc(C)c1C.Cc1ccc(-c2cc(C)c(C)c(C)c2)c(C)c1.Cc1ccc(-c2ccccc2)cc1C.Cc1ccc(-c2ccccc2C)cc1C.Cc1ccc2oc3ccccc3c2c1.Cc1ccc2sc3ccccc3c2c1.Cc1ccccc1-c1cc(C)c(C)c(C)c1. The Balaban J connectivity index is 0.000000131. The van der Waals surface area contributed by atoms with Crippen LogP contribution >= 0.6 is 11.3 Å². The van der Waals surface area contributed by atoms with Crippen molar-refractivity contribution in [2.75, 3.05) is 0 Å². The fraction of sp³-hybridized carbons (Fsp3) is 0.184. The first-order chi connectivity index (χ1) is 50.4. The van der Waals surface area contributed by atoms with Gasteiger partial charge in [-0.25, -0.2) is 0 Å². The molecule has 0 N–H and O–H groups in total. The quantitative estimate of drug-likeness (QED) is 0.167. The van der Waals surface area contributed by atoms with Crippen molar-refractivity contribution in [1.82, 2.24) is 0 Å². The maximum atomic E-state index is 5.71. The Morgan fingerprint density at radius 1 is 0.181 bits per heavy atom. The first-order valence-corrected chi connectivity index (χ1v) is 37.7. The molecule has 0 amide bonds. The summed E-state index contributed by atoms with van der Waals surface area (Å²) in [6, 6.07) is 101. The molecule has 0 saturated carbocycles. The van der Waals surface area contributed by atoms with Gasteiger partial charge in [0.05, 0.1) is 0 Å². The molecule has 1 nitrogen and oxygen atoms in total. The topological polar surface area (TPSA) is 13.1 Å². The molecule has 0 saturated heterocycles. The van der Waals surface area contributed by atoms with Crippen LogP contribution in [0.25, 0.3) is 97.7 Å². The summed E-state index contributed by atoms with van der Waals surface area (Å²) >= 11 is 1.87. The van der Waals surface area contributed by atoms with E-state index in [2.05, 4.69) is 386 Å². The second-order valence-corrected chi connectivity index (χ2v) is 29.8. The predicted octanol–water partition coefficient (Wildman–Crippen LogP) is 30.3. The van der Waals surface area contributed by atoms with Crippen molar-refractivity contribution in [2.24, 2.45) is 0 Å². The van der Waals surface area contributed by atoms with E-state index >= 15 is 0 Å². The summed E-state index contributed by atoms with van der Waals surface area (Å²) in [6.07, 6.45) is 0. The van der Waals surface area contributed by atoms with Crippen LogP contribution in [0.5, 0.6) is 0 Å². The lowest BCUT2D eigenvalue weighted by atomic mass is 9.93. The summed E-state index contributed by atoms with van der Waals surface area (Å²) < 4.78 is 8.48. The molecule has 2 heteroatoms. The number of fused-ring (bicyclic) bond motifs is 6. The van der Waals surface area contributed by atoms with Crippen LogP contribution in [0, 0.1) is 132 Å². The van der Waals surface area contributed by atoms with Gasteiger partial charge < -0.3 is 4.42 Å². The molecule has 0 radical (unpaired) electrons. The van der Waals surface area contributed by atoms with Crippen LogP contribution in [0.1, 0.15) is 106 Å². The molecule has 0 unspecified atom stereocenters. The van der Waals surface area contributed by atoms with Crippen molar-refractivity contribution >= 4 is 53.4 Å². The van der Waals surface area contributed by atoms with E-state index in [9.17, 15) is 0 Å². The molecule has 0 aliphatic carbocycles. The van der Waals surface area contributed by atoms with Crippen LogP contribution in [-0.4, -0.2) is 0 Å². The Morgan fingerprint density at radius 2 is 0.543 bits per heavy atom. The molecule has 0 aliphatic rings. The van der Waals surface area contributed by atoms with Gasteiger partial charge in [-0.1, -0.05) is 265 Å². The molecule has 14 aromatic carbocycles. The highest BCUT2D eigenvalue weighted by molar-refractivity contribution is 7.25. The van der Waals surface area contributed by atoms with Crippen LogP contribution in [0.15, 0.2) is 290 Å². The number of furan rings is 1. The molecule has 528 valence electrons. The zero-order chi connectivity index (χ0) is 75.0. The second-order valence-electron chi connectivity index (χ2n) is 28.7. The van der Waals surface area contributed by atoms with E-state index in [1.165, 1.54) is 192 Å². The molecular formula is C103H104OS. The van der Waals surface area contributed by atoms with Crippen LogP contribution < -0.4 is 0 Å². The number of hydrogen-bond acceptors (Lipinski definition) is 2. The van der Waals surface area contributed by atoms with Gasteiger partial charge in [0.2, 0.25) is 0 Å². The molecule has 16 rings (SSSR count). The molecule has 16 aromatic rings. The number of rotatable bonds is 5. The number of aryl methyl sites for hydroxylation is 16. The summed E-state index contributed by atoms with van der Waals surface area (Å²) in [6.45, 7) is 41.2. The predicted molar refractivity (Wildman–Crippen MR) is 462 cm³/mol. The normalized spacial score (nSPS) is 10.6. The van der Waals surface area contributed by atoms with E-state index in [1.807, 2.05) is 41.7 Å². The lowest BCUT2D eigenvalue weighted by molar-refractivity contribution is 0.669. The molecule has 0 bridgehead atoms. The van der Waals surface area contributed by atoms with Crippen molar-refractivity contribution in [3.8, 4) is 55.6 Å². The van der Waals surface area contributed by atoms with Crippen LogP contribution in [0.4, 0.5) is 0 Å². The third-order valence-electron chi connectivity index (χ3n) is 20.7. The molecule has 0 aliphatic heterocycles. The summed E-state index contributed by atoms with van der Waals surface area (Å²) in [5, 5.41) is 5.19. The van der Waals surface area contributed by atoms with Crippen molar-refractivity contribution < 1.29 is 4.42 Å². The van der Waals surface area contributed by atoms with Gasteiger partial charge in [-0.05, 0) is 313 Å². The maximum Gasteiger partial charge on any atom is 0.135 e. The second kappa shape index (κ2) is 35.5. The average Bonchev–Trinajstić information content (AvgIpc) is 1.68. The highest BCUT2D eigenvalue weighted by Crippen LogP contribution is 2.36. The third-order valence-corrected chi connectivity index (χ3v) is 21.8. The van der Waals surface area contributed by atoms with Crippen molar-refractivity contribution in [1.29, 1.82) is 0 Å². The van der Waals surface area contributed by atoms with E-state index in [4.69, 9.17) is 4.42 Å². The Morgan fingerprint density at radius 3 is 1.06 bits per heavy atom. The standard InChI is InChI=1S/C17H20.C16H18.2C15H16.C14H14.C13H10O.C13H10S/c1-11-6-7-17(14(4)8-11)16-9-12(2)15(5)13(3)10-16;1-11-7-5-6-8-16(11)15-9-12(2)14(4)13(3)10-15;1-11-8-9-14(10-13(11)3)15-7-5-4-6-12(15)2;1-11-9-15(10-12(2)13(11)3)14-7-5-4-6-8-14;1-11-8-9-14(10-12(11)2)13-6-4-3-5-7-13;2*1-9-6-7-13-11(8-9)10-4-2-3-5-12(10)14-13/h6-10H,1-5H3;5-10H,1-4H3;2*4-10H,1-3H3;3-10H,1-2H3;2*2-8H,1H3. The number of thiophene rings is 1. The van der Waals surface area contributed by atoms with E-state index in [-0.39, 0.29) is 0 Å². The molecule has 0 atom stereocenters. The van der Waals surface area contributed by atoms with Crippen LogP contribution in [0.3, 0.4) is 0 Å². The van der Waals surface area contributed by atoms with Gasteiger partial charge in [0.1, 0.15) is 11.2 Å². The minimum absolute atomic E-state index is 0.966. The molecule has 105 heavy (non-hydrogen) atoms. The fourth-order valence-corrected chi connectivity index (χ4v) is 14.4. The Bertz CT molecular complexity index is 5460. The lowest BCUT2D eigenvalue weighted by Crippen LogP contribution is -1.90. The van der Waals surface area contributed by atoms with Gasteiger partial charge in [0.25, 0.3) is 0 Å². The van der Waals surface area contributed by atoms with Gasteiger partial charge in [0, 0.05) is 30.9 Å². The van der Waals surface area contributed by atoms with E-state index < -0.39 is 0 Å². The number of benzene rings is 14. The van der Waals surface area contributed by atoms with Gasteiger partial charge in [0.15, 0.2) is 0 Å². The first kappa shape index (κ1) is 76.7. The monoisotopic (exact) mass is 1390 g/mol. The molecule has 2 aromatic heterocycles. The summed E-state index contributed by atoms with van der Waals surface area (Å²) in [5.41, 5.74) is 40.9. The van der Waals surface area contributed by atoms with E-state index in [0.717, 1.165) is 11.2 Å². The van der Waals surface area contributed by atoms with Gasteiger partial charge in [-0.2, -0.15) is 0 Å². The maximum absolute atomic E-state index is 5.71. The average molecular weight is 1390 g/mol. The summed E-state index contributed by atoms with van der Waals surface area (Å²) in [4.78, 5) is 0. The largest absolute Gasteiger partial charge is 0.456 e. The molecule has 0 spiro atoms. The van der Waals surface area contributed by atoms with Gasteiger partial charge in [-0.3, -0.25) is 0 Å². The van der Waals surface area contributed by atoms with Gasteiger partial charge >= 0.3 is 0 Å². The minimum Gasteiger partial charge on any atom is -0.456 e.